The quantitative estimate of drug-likeness (QED) is 0.892. The summed E-state index contributed by atoms with van der Waals surface area (Å²) in [5.74, 6) is -1.04. The molecule has 6 nitrogen and oxygen atoms in total. The van der Waals surface area contributed by atoms with Gasteiger partial charge in [0.25, 0.3) is 5.91 Å². The Bertz CT molecular complexity index is 818. The van der Waals surface area contributed by atoms with Gasteiger partial charge in [-0.2, -0.15) is 5.10 Å². The number of carbonyl (C=O) groups is 1. The number of nitrogens with zero attached hydrogens (tertiary/aromatic N) is 3. The second-order valence-corrected chi connectivity index (χ2v) is 5.56. The Hall–Kier alpha value is -2.54. The molecule has 3 rings (SSSR count). The van der Waals surface area contributed by atoms with Gasteiger partial charge in [-0.1, -0.05) is 12.1 Å². The Balaban J connectivity index is 2.06. The second kappa shape index (κ2) is 5.92. The Labute approximate surface area is 131 Å². The van der Waals surface area contributed by atoms with Crippen LogP contribution in [0.1, 0.15) is 22.6 Å². The highest BCUT2D eigenvalue weighted by Gasteiger charge is 2.28. The number of para-hydroxylation sites is 1. The van der Waals surface area contributed by atoms with E-state index in [1.54, 1.807) is 19.1 Å². The number of aromatic nitrogens is 2. The van der Waals surface area contributed by atoms with Crippen LogP contribution in [-0.2, 0) is 0 Å². The molecular formula is C16H16FN3O3. The van der Waals surface area contributed by atoms with Crippen molar-refractivity contribution in [3.63, 3.8) is 0 Å². The molecule has 1 atom stereocenters. The number of rotatable bonds is 2. The first-order valence-corrected chi connectivity index (χ1v) is 7.30. The predicted molar refractivity (Wildman–Crippen MR) is 81.1 cm³/mol. The standard InChI is InChI=1S/C16H16FN3O3/c1-10-8-14(22)15(16(23)19-7-6-11(21)9-19)18-20(10)13-5-3-2-4-12(13)17/h2-5,8,11,21H,6-7,9H2,1H3/t11-/m1/s1. The van der Waals surface area contributed by atoms with Crippen LogP contribution in [0.15, 0.2) is 35.1 Å². The van der Waals surface area contributed by atoms with Gasteiger partial charge in [-0.3, -0.25) is 9.59 Å². The number of aliphatic hydroxyl groups excluding tert-OH is 1. The van der Waals surface area contributed by atoms with Crippen LogP contribution >= 0.6 is 0 Å². The number of aliphatic hydroxyl groups is 1. The number of likely N-dealkylation sites (tertiary alicyclic amines) is 1. The first-order valence-electron chi connectivity index (χ1n) is 7.30. The lowest BCUT2D eigenvalue weighted by Gasteiger charge is -2.16. The van der Waals surface area contributed by atoms with Crippen LogP contribution in [0.3, 0.4) is 0 Å². The largest absolute Gasteiger partial charge is 0.391 e. The Morgan fingerprint density at radius 1 is 1.39 bits per heavy atom. The number of aryl methyl sites for hydroxylation is 1. The van der Waals surface area contributed by atoms with Gasteiger partial charge >= 0.3 is 0 Å². The summed E-state index contributed by atoms with van der Waals surface area (Å²) in [5.41, 5.74) is -0.187. The normalized spacial score (nSPS) is 17.5. The minimum Gasteiger partial charge on any atom is -0.391 e. The van der Waals surface area contributed by atoms with Gasteiger partial charge in [0.15, 0.2) is 5.69 Å². The molecule has 23 heavy (non-hydrogen) atoms. The molecule has 0 saturated carbocycles. The van der Waals surface area contributed by atoms with Crippen LogP contribution in [-0.4, -0.2) is 44.9 Å². The lowest BCUT2D eigenvalue weighted by Crippen LogP contribution is -2.35. The molecule has 1 saturated heterocycles. The number of β-amino-alcohol motifs (C(OH)–C–C–N with tert-alkyl or cyclic N) is 1. The van der Waals surface area contributed by atoms with Crippen LogP contribution in [0.25, 0.3) is 5.69 Å². The van der Waals surface area contributed by atoms with E-state index in [0.717, 1.165) is 0 Å². The summed E-state index contributed by atoms with van der Waals surface area (Å²) in [4.78, 5) is 25.9. The molecule has 1 N–H and O–H groups in total. The van der Waals surface area contributed by atoms with Gasteiger partial charge < -0.3 is 10.0 Å². The third kappa shape index (κ3) is 2.87. The van der Waals surface area contributed by atoms with Gasteiger partial charge in [-0.15, -0.1) is 0 Å². The molecule has 0 radical (unpaired) electrons. The van der Waals surface area contributed by atoms with Crippen molar-refractivity contribution < 1.29 is 14.3 Å². The fourth-order valence-corrected chi connectivity index (χ4v) is 2.64. The van der Waals surface area contributed by atoms with Gasteiger partial charge in [0.1, 0.15) is 11.5 Å². The minimum atomic E-state index is -0.585. The summed E-state index contributed by atoms with van der Waals surface area (Å²) in [6, 6.07) is 7.27. The van der Waals surface area contributed by atoms with Crippen molar-refractivity contribution in [1.29, 1.82) is 0 Å². The molecule has 1 aromatic heterocycles. The average molecular weight is 317 g/mol. The average Bonchev–Trinajstić information content (AvgIpc) is 2.94. The van der Waals surface area contributed by atoms with Gasteiger partial charge in [-0.05, 0) is 25.5 Å². The first-order chi connectivity index (χ1) is 11.0. The van der Waals surface area contributed by atoms with Crippen LogP contribution < -0.4 is 5.43 Å². The number of benzene rings is 1. The topological polar surface area (TPSA) is 75.4 Å². The molecule has 1 aromatic carbocycles. The lowest BCUT2D eigenvalue weighted by molar-refractivity contribution is 0.0755. The zero-order chi connectivity index (χ0) is 16.6. The molecule has 7 heteroatoms. The summed E-state index contributed by atoms with van der Waals surface area (Å²) >= 11 is 0. The Morgan fingerprint density at radius 2 is 2.13 bits per heavy atom. The number of amides is 1. The van der Waals surface area contributed by atoms with Gasteiger partial charge in [0, 0.05) is 24.8 Å². The molecule has 0 aliphatic carbocycles. The molecule has 1 amide bonds. The summed E-state index contributed by atoms with van der Waals surface area (Å²) in [6.45, 7) is 2.16. The van der Waals surface area contributed by atoms with Crippen molar-refractivity contribution in [3.05, 3.63) is 57.8 Å². The van der Waals surface area contributed by atoms with Crippen molar-refractivity contribution in [2.75, 3.05) is 13.1 Å². The van der Waals surface area contributed by atoms with Crippen LogP contribution in [0.4, 0.5) is 4.39 Å². The molecule has 1 aliphatic rings. The summed E-state index contributed by atoms with van der Waals surface area (Å²) in [6.07, 6.45) is -0.114. The van der Waals surface area contributed by atoms with Crippen LogP contribution in [0, 0.1) is 12.7 Å². The molecule has 0 unspecified atom stereocenters. The summed E-state index contributed by atoms with van der Waals surface area (Å²) < 4.78 is 15.2. The smallest absolute Gasteiger partial charge is 0.278 e. The number of hydrogen-bond acceptors (Lipinski definition) is 4. The van der Waals surface area contributed by atoms with Crippen molar-refractivity contribution in [2.24, 2.45) is 0 Å². The zero-order valence-electron chi connectivity index (χ0n) is 12.6. The third-order valence-electron chi connectivity index (χ3n) is 3.84. The van der Waals surface area contributed by atoms with Gasteiger partial charge in [0.2, 0.25) is 5.43 Å². The number of carbonyl (C=O) groups excluding carboxylic acids is 1. The lowest BCUT2D eigenvalue weighted by atomic mass is 10.2. The van der Waals surface area contributed by atoms with E-state index >= 15 is 0 Å². The van der Waals surface area contributed by atoms with Crippen molar-refractivity contribution in [3.8, 4) is 5.69 Å². The number of halogens is 1. The SMILES string of the molecule is Cc1cc(=O)c(C(=O)N2CC[C@@H](O)C2)nn1-c1ccccc1F. The Kier molecular flexibility index (Phi) is 3.96. The maximum atomic E-state index is 14.0. The zero-order valence-corrected chi connectivity index (χ0v) is 12.6. The van der Waals surface area contributed by atoms with E-state index in [1.807, 2.05) is 0 Å². The third-order valence-corrected chi connectivity index (χ3v) is 3.84. The molecule has 120 valence electrons. The Morgan fingerprint density at radius 3 is 2.78 bits per heavy atom. The van der Waals surface area contributed by atoms with E-state index in [2.05, 4.69) is 5.10 Å². The monoisotopic (exact) mass is 317 g/mol. The van der Waals surface area contributed by atoms with E-state index in [1.165, 1.54) is 27.8 Å². The van der Waals surface area contributed by atoms with Crippen molar-refractivity contribution in [2.45, 2.75) is 19.4 Å². The van der Waals surface area contributed by atoms with Crippen molar-refractivity contribution >= 4 is 5.91 Å². The van der Waals surface area contributed by atoms with E-state index in [0.29, 0.717) is 18.7 Å². The van der Waals surface area contributed by atoms with E-state index in [-0.39, 0.29) is 17.9 Å². The van der Waals surface area contributed by atoms with E-state index in [9.17, 15) is 19.1 Å². The molecule has 1 aliphatic heterocycles. The van der Waals surface area contributed by atoms with E-state index in [4.69, 9.17) is 0 Å². The molecule has 2 heterocycles. The summed E-state index contributed by atoms with van der Waals surface area (Å²) in [7, 11) is 0. The fraction of sp³-hybridized carbons (Fsp3) is 0.312. The molecule has 0 bridgehead atoms. The highest BCUT2D eigenvalue weighted by atomic mass is 19.1. The maximum absolute atomic E-state index is 14.0. The second-order valence-electron chi connectivity index (χ2n) is 5.56. The molecule has 0 spiro atoms. The summed E-state index contributed by atoms with van der Waals surface area (Å²) in [5, 5.41) is 13.6. The fourth-order valence-electron chi connectivity index (χ4n) is 2.64. The van der Waals surface area contributed by atoms with Crippen molar-refractivity contribution in [1.82, 2.24) is 14.7 Å². The highest BCUT2D eigenvalue weighted by molar-refractivity contribution is 5.92. The van der Waals surface area contributed by atoms with Gasteiger partial charge in [0.05, 0.1) is 6.10 Å². The maximum Gasteiger partial charge on any atom is 0.278 e. The number of hydrogen-bond donors (Lipinski definition) is 1. The molecular weight excluding hydrogens is 301 g/mol. The van der Waals surface area contributed by atoms with E-state index < -0.39 is 23.3 Å². The van der Waals surface area contributed by atoms with Crippen LogP contribution in [0.5, 0.6) is 0 Å². The first kappa shape index (κ1) is 15.4. The minimum absolute atomic E-state index is 0.167. The highest BCUT2D eigenvalue weighted by Crippen LogP contribution is 2.15. The predicted octanol–water partition coefficient (Wildman–Crippen LogP) is 0.887. The molecule has 2 aromatic rings. The van der Waals surface area contributed by atoms with Gasteiger partial charge in [-0.25, -0.2) is 9.07 Å². The van der Waals surface area contributed by atoms with Crippen LogP contribution in [0.2, 0.25) is 0 Å². The molecule has 1 fully saturated rings.